The number of carbonyl (C=O) groups is 9. The van der Waals surface area contributed by atoms with Crippen molar-refractivity contribution in [3.63, 3.8) is 0 Å². The van der Waals surface area contributed by atoms with E-state index in [1.54, 1.807) is 27.7 Å². The zero-order chi connectivity index (χ0) is 41.7. The standard InChI is InChI=1S/C32H58N10O12/c1-5-16(4)25(31(52)40-21(32(53)54)10-15(2)3)42-29(50)20(12-24(36)46)39-30(51)22(14-44)41-28(49)19(11-23(35)45)38-27(48)18(8-6-7-9-33)37-26(47)17(34)13-43/h15-22,25,43-44H,5-14,33-34H2,1-4H3,(H2,35,45)(H2,36,46)(H,37,47)(H,38,48)(H,39,51)(H,40,52)(H,41,49)(H,42,50)(H,53,54)/t16-,17-,18-,19-,20-,21-,22-,25-/m0/s1. The molecule has 0 aromatic heterocycles. The fourth-order valence-electron chi connectivity index (χ4n) is 4.87. The van der Waals surface area contributed by atoms with Crippen LogP contribution in [0.2, 0.25) is 0 Å². The molecule has 0 rings (SSSR count). The molecule has 17 N–H and O–H groups in total. The van der Waals surface area contributed by atoms with E-state index >= 15 is 0 Å². The zero-order valence-electron chi connectivity index (χ0n) is 31.1. The van der Waals surface area contributed by atoms with E-state index in [4.69, 9.17) is 22.9 Å². The number of carboxylic acid groups (broad SMARTS) is 1. The van der Waals surface area contributed by atoms with Crippen molar-refractivity contribution in [3.8, 4) is 0 Å². The van der Waals surface area contributed by atoms with Crippen molar-refractivity contribution in [1.29, 1.82) is 0 Å². The zero-order valence-corrected chi connectivity index (χ0v) is 31.1. The molecule has 0 fully saturated rings. The van der Waals surface area contributed by atoms with Gasteiger partial charge in [-0.25, -0.2) is 4.79 Å². The Balaban J connectivity index is 6.14. The summed E-state index contributed by atoms with van der Waals surface area (Å²) in [7, 11) is 0. The first-order valence-corrected chi connectivity index (χ1v) is 17.5. The SMILES string of the molecule is CC[C@H](C)[C@H](NC(=O)[C@H](CC(N)=O)NC(=O)[C@H](CO)NC(=O)[C@H](CC(N)=O)NC(=O)[C@H](CCCCN)NC(=O)[C@@H](N)CO)C(=O)N[C@@H](CC(C)C)C(=O)O. The summed E-state index contributed by atoms with van der Waals surface area (Å²) in [6, 6.07) is -10.6. The van der Waals surface area contributed by atoms with Gasteiger partial charge in [0.2, 0.25) is 47.3 Å². The van der Waals surface area contributed by atoms with Gasteiger partial charge in [0.15, 0.2) is 0 Å². The summed E-state index contributed by atoms with van der Waals surface area (Å²) in [5, 5.41) is 42.4. The van der Waals surface area contributed by atoms with Gasteiger partial charge in [-0.3, -0.25) is 38.4 Å². The maximum Gasteiger partial charge on any atom is 0.326 e. The van der Waals surface area contributed by atoms with Gasteiger partial charge in [0.05, 0.1) is 26.1 Å². The van der Waals surface area contributed by atoms with E-state index in [0.717, 1.165) is 0 Å². The van der Waals surface area contributed by atoms with Crippen molar-refractivity contribution < 1.29 is 58.5 Å². The third-order valence-corrected chi connectivity index (χ3v) is 8.12. The van der Waals surface area contributed by atoms with Crippen LogP contribution >= 0.6 is 0 Å². The van der Waals surface area contributed by atoms with E-state index in [-0.39, 0.29) is 25.3 Å². The molecule has 22 heteroatoms. The molecule has 0 aliphatic rings. The Kier molecular flexibility index (Phi) is 22.9. The number of aliphatic hydroxyl groups excluding tert-OH is 2. The summed E-state index contributed by atoms with van der Waals surface area (Å²) >= 11 is 0. The predicted octanol–water partition coefficient (Wildman–Crippen LogP) is -5.74. The van der Waals surface area contributed by atoms with Crippen LogP contribution in [0.3, 0.4) is 0 Å². The van der Waals surface area contributed by atoms with Gasteiger partial charge < -0.3 is 70.2 Å². The van der Waals surface area contributed by atoms with Crippen LogP contribution in [0.5, 0.6) is 0 Å². The Hall–Kier alpha value is -4.93. The lowest BCUT2D eigenvalue weighted by Crippen LogP contribution is -2.61. The van der Waals surface area contributed by atoms with Gasteiger partial charge in [-0.1, -0.05) is 34.1 Å². The summed E-state index contributed by atoms with van der Waals surface area (Å²) in [5.41, 5.74) is 21.6. The number of nitrogens with one attached hydrogen (secondary N) is 6. The fraction of sp³-hybridized carbons (Fsp3) is 0.719. The smallest absolute Gasteiger partial charge is 0.326 e. The molecule has 54 heavy (non-hydrogen) atoms. The average molecular weight is 775 g/mol. The molecule has 0 spiro atoms. The fourth-order valence-corrected chi connectivity index (χ4v) is 4.87. The molecular weight excluding hydrogens is 716 g/mol. The van der Waals surface area contributed by atoms with Crippen LogP contribution in [0, 0.1) is 11.8 Å². The van der Waals surface area contributed by atoms with E-state index < -0.39 is 127 Å². The largest absolute Gasteiger partial charge is 0.480 e. The molecule has 0 unspecified atom stereocenters. The normalized spacial score (nSPS) is 15.5. The van der Waals surface area contributed by atoms with E-state index in [1.165, 1.54) is 0 Å². The maximum absolute atomic E-state index is 13.4. The number of hydrogen-bond donors (Lipinski definition) is 13. The molecular formula is C32H58N10O12. The molecule has 0 bridgehead atoms. The first kappa shape index (κ1) is 49.1. The number of aliphatic carboxylic acids is 1. The third-order valence-electron chi connectivity index (χ3n) is 8.12. The van der Waals surface area contributed by atoms with Crippen LogP contribution in [0.15, 0.2) is 0 Å². The highest BCUT2D eigenvalue weighted by atomic mass is 16.4. The minimum absolute atomic E-state index is 0.0143. The van der Waals surface area contributed by atoms with Crippen LogP contribution in [-0.4, -0.2) is 131 Å². The van der Waals surface area contributed by atoms with Crippen LogP contribution in [-0.2, 0) is 43.2 Å². The van der Waals surface area contributed by atoms with Crippen molar-refractivity contribution >= 4 is 53.2 Å². The minimum Gasteiger partial charge on any atom is -0.480 e. The molecule has 0 saturated carbocycles. The van der Waals surface area contributed by atoms with Gasteiger partial charge in [0, 0.05) is 0 Å². The molecule has 0 aliphatic heterocycles. The highest BCUT2D eigenvalue weighted by Gasteiger charge is 2.35. The molecule has 8 amide bonds. The third kappa shape index (κ3) is 18.2. The molecule has 0 aromatic rings. The average Bonchev–Trinajstić information content (AvgIpc) is 3.09. The van der Waals surface area contributed by atoms with Gasteiger partial charge in [0.1, 0.15) is 42.3 Å². The number of carboxylic acids is 1. The van der Waals surface area contributed by atoms with E-state index in [2.05, 4.69) is 31.9 Å². The minimum atomic E-state index is -1.85. The van der Waals surface area contributed by atoms with Gasteiger partial charge in [-0.2, -0.15) is 0 Å². The van der Waals surface area contributed by atoms with Gasteiger partial charge in [0.25, 0.3) is 0 Å². The molecule has 0 aromatic carbocycles. The molecule has 22 nitrogen and oxygen atoms in total. The van der Waals surface area contributed by atoms with Gasteiger partial charge >= 0.3 is 5.97 Å². The molecule has 0 aliphatic carbocycles. The second kappa shape index (κ2) is 25.2. The summed E-state index contributed by atoms with van der Waals surface area (Å²) in [6.45, 7) is 5.24. The van der Waals surface area contributed by atoms with Crippen molar-refractivity contribution in [2.24, 2.45) is 34.8 Å². The lowest BCUT2D eigenvalue weighted by Gasteiger charge is -2.28. The number of hydrogen-bond acceptors (Lipinski definition) is 13. The van der Waals surface area contributed by atoms with Crippen molar-refractivity contribution in [1.82, 2.24) is 31.9 Å². The molecule has 0 saturated heterocycles. The Morgan fingerprint density at radius 1 is 0.593 bits per heavy atom. The van der Waals surface area contributed by atoms with Gasteiger partial charge in [-0.15, -0.1) is 0 Å². The van der Waals surface area contributed by atoms with Gasteiger partial charge in [-0.05, 0) is 44.1 Å². The van der Waals surface area contributed by atoms with Crippen LogP contribution in [0.1, 0.15) is 72.6 Å². The highest BCUT2D eigenvalue weighted by Crippen LogP contribution is 2.12. The lowest BCUT2D eigenvalue weighted by atomic mass is 9.96. The number of primary amides is 2. The molecule has 308 valence electrons. The quantitative estimate of drug-likeness (QED) is 0.0346. The summed E-state index contributed by atoms with van der Waals surface area (Å²) < 4.78 is 0. The Labute approximate surface area is 313 Å². The number of aliphatic hydroxyl groups is 2. The first-order chi connectivity index (χ1) is 25.2. The molecule has 0 heterocycles. The van der Waals surface area contributed by atoms with Crippen LogP contribution in [0.4, 0.5) is 0 Å². The Bertz CT molecular complexity index is 1320. The van der Waals surface area contributed by atoms with Crippen LogP contribution in [0.25, 0.3) is 0 Å². The van der Waals surface area contributed by atoms with Crippen molar-refractivity contribution in [3.05, 3.63) is 0 Å². The van der Waals surface area contributed by atoms with Crippen molar-refractivity contribution in [2.75, 3.05) is 19.8 Å². The number of unbranched alkanes of at least 4 members (excludes halogenated alkanes) is 1. The predicted molar refractivity (Wildman–Crippen MR) is 191 cm³/mol. The summed E-state index contributed by atoms with van der Waals surface area (Å²) in [6.07, 6.45) is -0.372. The lowest BCUT2D eigenvalue weighted by molar-refractivity contribution is -0.143. The number of nitrogens with two attached hydrogens (primary N) is 4. The first-order valence-electron chi connectivity index (χ1n) is 17.5. The molecule has 0 radical (unpaired) electrons. The summed E-state index contributed by atoms with van der Waals surface area (Å²) in [4.78, 5) is 114. The van der Waals surface area contributed by atoms with Crippen molar-refractivity contribution in [2.45, 2.75) is 115 Å². The van der Waals surface area contributed by atoms with E-state index in [1.807, 2.05) is 0 Å². The monoisotopic (exact) mass is 774 g/mol. The second-order valence-electron chi connectivity index (χ2n) is 13.2. The summed E-state index contributed by atoms with van der Waals surface area (Å²) in [5.74, 6) is -10.3. The Morgan fingerprint density at radius 2 is 1.04 bits per heavy atom. The van der Waals surface area contributed by atoms with E-state index in [9.17, 15) is 58.5 Å². The Morgan fingerprint density at radius 3 is 1.46 bits per heavy atom. The van der Waals surface area contributed by atoms with E-state index in [0.29, 0.717) is 19.3 Å². The number of carbonyl (C=O) groups excluding carboxylic acids is 8. The van der Waals surface area contributed by atoms with Crippen LogP contribution < -0.4 is 54.8 Å². The topological polar surface area (TPSA) is 391 Å². The maximum atomic E-state index is 13.4. The molecule has 8 atom stereocenters. The highest BCUT2D eigenvalue weighted by molar-refractivity contribution is 5.99. The second-order valence-corrected chi connectivity index (χ2v) is 13.2. The number of rotatable bonds is 27. The number of amides is 8.